The first kappa shape index (κ1) is 57.5. The van der Waals surface area contributed by atoms with Crippen LogP contribution in [0.3, 0.4) is 0 Å². The molecule has 19 nitrogen and oxygen atoms in total. The van der Waals surface area contributed by atoms with Crippen LogP contribution in [0.2, 0.25) is 0 Å². The van der Waals surface area contributed by atoms with E-state index in [9.17, 15) is 19.2 Å². The van der Waals surface area contributed by atoms with Crippen LogP contribution in [0.1, 0.15) is 80.8 Å². The maximum Gasteiger partial charge on any atom is 0.330 e. The molecule has 2 aliphatic heterocycles. The van der Waals surface area contributed by atoms with E-state index in [1.54, 1.807) is 34.1 Å². The summed E-state index contributed by atoms with van der Waals surface area (Å²) in [6, 6.07) is 24.9. The van der Waals surface area contributed by atoms with Crippen molar-refractivity contribution in [3.63, 3.8) is 0 Å². The number of H-pyrrole nitrogens is 2. The number of hydrogen-bond donors (Lipinski definition) is 2. The number of nitrogens with zero attached hydrogens (tertiary/aromatic N) is 3. The van der Waals surface area contributed by atoms with Gasteiger partial charge < -0.3 is 46.3 Å². The van der Waals surface area contributed by atoms with E-state index in [0.717, 1.165) is 16.7 Å². The normalized spacial score (nSPS) is 21.1. The number of benzene rings is 3. The quantitative estimate of drug-likeness (QED) is 0.0305. The zero-order chi connectivity index (χ0) is 54.0. The highest BCUT2D eigenvalue weighted by atomic mass is 32.5. The van der Waals surface area contributed by atoms with E-state index in [0.29, 0.717) is 17.1 Å². The second kappa shape index (κ2) is 25.8. The summed E-state index contributed by atoms with van der Waals surface area (Å²) in [4.78, 5) is 56.5. The SMILES string of the molecule is C=CCOP(O[C@H]1C[C@H](n2cc(C)c(=O)[nH]c2=O)O[C@@H]1COP(=S)(OCC=C)O[C@H]1C[C@H](n2cc(C)c(=O)[nH]c2=O)O[C@@H]1COC(c1ccccc1)(c1ccc(OC)cc1)c1ccc(OC)cc1)N(C(C)C)C(C)C. The smallest absolute Gasteiger partial charge is 0.330 e. The van der Waals surface area contributed by atoms with Gasteiger partial charge in [-0.25, -0.2) is 14.3 Å². The number of nitrogens with one attached hydrogen (secondary N) is 2. The summed E-state index contributed by atoms with van der Waals surface area (Å²) < 4.78 is 69.4. The fourth-order valence-electron chi connectivity index (χ4n) is 9.08. The summed E-state index contributed by atoms with van der Waals surface area (Å²) in [6.07, 6.45) is 0.827. The lowest BCUT2D eigenvalue weighted by Crippen LogP contribution is -2.38. The lowest BCUT2D eigenvalue weighted by Gasteiger charge is -2.37. The van der Waals surface area contributed by atoms with Crippen molar-refractivity contribution in [1.29, 1.82) is 0 Å². The molecule has 5 aromatic rings. The highest BCUT2D eigenvalue weighted by Gasteiger charge is 2.47. The number of rotatable bonds is 26. The maximum atomic E-state index is 13.5. The van der Waals surface area contributed by atoms with E-state index in [-0.39, 0.29) is 56.9 Å². The molecule has 0 spiro atoms. The second-order valence-corrected chi connectivity index (χ2v) is 22.9. The van der Waals surface area contributed by atoms with Gasteiger partial charge >= 0.3 is 18.1 Å². The van der Waals surface area contributed by atoms with E-state index < -0.39 is 80.2 Å². The average Bonchev–Trinajstić information content (AvgIpc) is 3.99. The number of hydrogen-bond acceptors (Lipinski definition) is 16. The van der Waals surface area contributed by atoms with Gasteiger partial charge in [0.05, 0.1) is 52.9 Å². The van der Waals surface area contributed by atoms with E-state index >= 15 is 0 Å². The molecular weight excluding hydrogens is 1020 g/mol. The Hall–Kier alpha value is -5.18. The molecule has 8 atom stereocenters. The van der Waals surface area contributed by atoms with Crippen LogP contribution >= 0.6 is 15.2 Å². The highest BCUT2D eigenvalue weighted by molar-refractivity contribution is 8.07. The van der Waals surface area contributed by atoms with Crippen LogP contribution in [0.15, 0.2) is 136 Å². The summed E-state index contributed by atoms with van der Waals surface area (Å²) in [5.41, 5.74) is -0.769. The van der Waals surface area contributed by atoms with Crippen molar-refractivity contribution in [2.24, 2.45) is 0 Å². The van der Waals surface area contributed by atoms with Gasteiger partial charge in [0.1, 0.15) is 41.8 Å². The Morgan fingerprint density at radius 2 is 1.20 bits per heavy atom. The fraction of sp³-hybridized carbons (Fsp3) is 0.434. The van der Waals surface area contributed by atoms with Crippen molar-refractivity contribution in [3.05, 3.63) is 186 Å². The van der Waals surface area contributed by atoms with Crippen molar-refractivity contribution in [1.82, 2.24) is 23.8 Å². The molecule has 404 valence electrons. The predicted octanol–water partition coefficient (Wildman–Crippen LogP) is 8.07. The molecule has 2 saturated heterocycles. The third-order valence-electron chi connectivity index (χ3n) is 12.7. The maximum absolute atomic E-state index is 13.5. The summed E-state index contributed by atoms with van der Waals surface area (Å²) in [5, 5.41) is 0. The van der Waals surface area contributed by atoms with Gasteiger partial charge in [-0.2, -0.15) is 0 Å². The molecule has 75 heavy (non-hydrogen) atoms. The molecule has 2 unspecified atom stereocenters. The van der Waals surface area contributed by atoms with Crippen LogP contribution < -0.4 is 32.0 Å². The van der Waals surface area contributed by atoms with Gasteiger partial charge in [-0.05, 0) is 94.3 Å². The Morgan fingerprint density at radius 1 is 0.720 bits per heavy atom. The number of ether oxygens (including phenoxy) is 5. The van der Waals surface area contributed by atoms with Gasteiger partial charge in [0.15, 0.2) is 0 Å². The van der Waals surface area contributed by atoms with Crippen LogP contribution in [-0.4, -0.2) is 101 Å². The number of methoxy groups -OCH3 is 2. The van der Waals surface area contributed by atoms with Gasteiger partial charge in [-0.1, -0.05) is 66.7 Å². The molecule has 0 amide bonds. The minimum absolute atomic E-state index is 0.0145. The van der Waals surface area contributed by atoms with Crippen molar-refractivity contribution in [2.75, 3.05) is 40.6 Å². The topological polar surface area (TPSA) is 205 Å². The van der Waals surface area contributed by atoms with E-state index in [2.05, 4.69) is 27.8 Å². The molecule has 2 fully saturated rings. The molecular formula is C53H67N5O14P2S. The minimum Gasteiger partial charge on any atom is -0.497 e. The Kier molecular flexibility index (Phi) is 19.8. The van der Waals surface area contributed by atoms with Crippen molar-refractivity contribution in [2.45, 2.75) is 109 Å². The van der Waals surface area contributed by atoms with Crippen LogP contribution in [-0.2, 0) is 54.2 Å². The summed E-state index contributed by atoms with van der Waals surface area (Å²) in [7, 11) is 1.47. The second-order valence-electron chi connectivity index (χ2n) is 18.5. The zero-order valence-electron chi connectivity index (χ0n) is 43.5. The van der Waals surface area contributed by atoms with Crippen LogP contribution in [0.5, 0.6) is 11.5 Å². The minimum atomic E-state index is -3.87. The number of aromatic nitrogens is 4. The lowest BCUT2D eigenvalue weighted by molar-refractivity contribution is -0.0940. The Labute approximate surface area is 442 Å². The number of aryl methyl sites for hydroxylation is 2. The molecule has 0 aliphatic carbocycles. The molecule has 2 aromatic heterocycles. The van der Waals surface area contributed by atoms with Crippen molar-refractivity contribution >= 4 is 27.1 Å². The Morgan fingerprint density at radius 3 is 1.68 bits per heavy atom. The van der Waals surface area contributed by atoms with E-state index in [1.165, 1.54) is 27.6 Å². The van der Waals surface area contributed by atoms with E-state index in [1.807, 2.05) is 107 Å². The summed E-state index contributed by atoms with van der Waals surface area (Å²) in [5.74, 6) is 1.29. The van der Waals surface area contributed by atoms with Crippen molar-refractivity contribution in [3.8, 4) is 11.5 Å². The van der Waals surface area contributed by atoms with Gasteiger partial charge in [0, 0.05) is 48.4 Å². The molecule has 7 rings (SSSR count). The summed E-state index contributed by atoms with van der Waals surface area (Å²) >= 11 is 6.24. The summed E-state index contributed by atoms with van der Waals surface area (Å²) in [6.45, 7) is 14.9. The zero-order valence-corrected chi connectivity index (χ0v) is 46.1. The molecule has 2 N–H and O–H groups in total. The standard InChI is InChI=1S/C53H67N5O14P2S/c1-11-26-66-73(58(34(3)4)35(5)6)71-43-28-47(56-30-36(7)49(59)54-51(56)61)70-46(43)33-68-74(75,67-27-12-2)72-44-29-48(57-31-37(8)50(60)55-52(57)62)69-45(44)32-65-53(38-16-14-13-15-17-38,39-18-22-41(63-9)23-19-39)40-20-24-42(64-10)25-21-40/h11-25,30-31,34-35,43-48H,1-2,26-29,32-33H2,3-10H3,(H,54,59,61)(H,55,60,62)/t43-,44-,45+,46+,47+,48+,73?,74?/m0/s1. The highest BCUT2D eigenvalue weighted by Crippen LogP contribution is 2.56. The number of aromatic amines is 2. The molecule has 0 radical (unpaired) electrons. The molecule has 22 heteroatoms. The van der Waals surface area contributed by atoms with Crippen LogP contribution in [0, 0.1) is 13.8 Å². The fourth-order valence-corrected chi connectivity index (χ4v) is 12.9. The van der Waals surface area contributed by atoms with Gasteiger partial charge in [-0.15, -0.1) is 13.2 Å². The molecule has 3 aromatic carbocycles. The van der Waals surface area contributed by atoms with Crippen molar-refractivity contribution < 1.29 is 46.3 Å². The average molecular weight is 1090 g/mol. The molecule has 0 saturated carbocycles. The van der Waals surface area contributed by atoms with Crippen LogP contribution in [0.25, 0.3) is 0 Å². The van der Waals surface area contributed by atoms with Gasteiger partial charge in [0.2, 0.25) is 0 Å². The van der Waals surface area contributed by atoms with Gasteiger partial charge in [-0.3, -0.25) is 28.7 Å². The monoisotopic (exact) mass is 1090 g/mol. The molecule has 2 aliphatic rings. The first-order chi connectivity index (χ1) is 35.9. The lowest BCUT2D eigenvalue weighted by atomic mass is 9.80. The predicted molar refractivity (Wildman–Crippen MR) is 289 cm³/mol. The Balaban J connectivity index is 1.26. The first-order valence-electron chi connectivity index (χ1n) is 24.5. The largest absolute Gasteiger partial charge is 0.497 e. The molecule has 0 bridgehead atoms. The Bertz CT molecular complexity index is 2950. The third-order valence-corrected chi connectivity index (χ3v) is 17.2. The molecule has 4 heterocycles. The van der Waals surface area contributed by atoms with E-state index in [4.69, 9.17) is 58.1 Å². The van der Waals surface area contributed by atoms with Crippen LogP contribution in [0.4, 0.5) is 0 Å². The van der Waals surface area contributed by atoms with Gasteiger partial charge in [0.25, 0.3) is 19.6 Å². The first-order valence-corrected chi connectivity index (χ1v) is 28.2. The third kappa shape index (κ3) is 13.5.